The molecule has 0 bridgehead atoms. The van der Waals surface area contributed by atoms with Gasteiger partial charge in [-0.3, -0.25) is 0 Å². The van der Waals surface area contributed by atoms with Crippen molar-refractivity contribution in [1.82, 2.24) is 14.9 Å². The molecular formula is C22H35N5O. The summed E-state index contributed by atoms with van der Waals surface area (Å²) < 4.78 is 5.80. The van der Waals surface area contributed by atoms with Crippen LogP contribution in [0.2, 0.25) is 0 Å². The summed E-state index contributed by atoms with van der Waals surface area (Å²) in [4.78, 5) is 11.2. The summed E-state index contributed by atoms with van der Waals surface area (Å²) >= 11 is 0. The van der Waals surface area contributed by atoms with Gasteiger partial charge in [-0.25, -0.2) is 4.98 Å². The Hall–Kier alpha value is -2.34. The van der Waals surface area contributed by atoms with E-state index < -0.39 is 0 Å². The summed E-state index contributed by atoms with van der Waals surface area (Å²) in [6.07, 6.45) is 3.92. The number of hydrogen-bond acceptors (Lipinski definition) is 6. The topological polar surface area (TPSA) is 76.3 Å². The predicted molar refractivity (Wildman–Crippen MR) is 117 cm³/mol. The number of aromatic nitrogens is 2. The highest BCUT2D eigenvalue weighted by atomic mass is 16.5. The fourth-order valence-corrected chi connectivity index (χ4v) is 3.11. The molecule has 0 spiro atoms. The van der Waals surface area contributed by atoms with Crippen LogP contribution in [-0.2, 0) is 6.42 Å². The molecule has 28 heavy (non-hydrogen) atoms. The summed E-state index contributed by atoms with van der Waals surface area (Å²) in [7, 11) is 4.14. The zero-order chi connectivity index (χ0) is 20.5. The molecule has 1 unspecified atom stereocenters. The normalized spacial score (nSPS) is 12.2. The van der Waals surface area contributed by atoms with Gasteiger partial charge < -0.3 is 20.7 Å². The number of rotatable bonds is 11. The second kappa shape index (κ2) is 10.9. The molecule has 6 heteroatoms. The van der Waals surface area contributed by atoms with Crippen LogP contribution in [0.3, 0.4) is 0 Å². The number of nitrogen functional groups attached to an aromatic ring is 1. The molecule has 3 N–H and O–H groups in total. The number of anilines is 2. The van der Waals surface area contributed by atoms with Gasteiger partial charge in [0.1, 0.15) is 11.6 Å². The van der Waals surface area contributed by atoms with E-state index in [1.54, 1.807) is 0 Å². The molecule has 1 atom stereocenters. The zero-order valence-corrected chi connectivity index (χ0v) is 18.0. The molecule has 0 fully saturated rings. The minimum absolute atomic E-state index is 0.333. The van der Waals surface area contributed by atoms with Crippen LogP contribution < -0.4 is 15.8 Å². The summed E-state index contributed by atoms with van der Waals surface area (Å²) in [6, 6.07) is 8.52. The number of nitrogens with zero attached hydrogens (tertiary/aromatic N) is 3. The van der Waals surface area contributed by atoms with E-state index in [0.29, 0.717) is 24.2 Å². The highest BCUT2D eigenvalue weighted by molar-refractivity contribution is 5.49. The highest BCUT2D eigenvalue weighted by Crippen LogP contribution is 2.22. The van der Waals surface area contributed by atoms with Crippen molar-refractivity contribution in [2.45, 2.75) is 52.5 Å². The van der Waals surface area contributed by atoms with Crippen LogP contribution in [0.25, 0.3) is 0 Å². The van der Waals surface area contributed by atoms with E-state index in [9.17, 15) is 0 Å². The van der Waals surface area contributed by atoms with E-state index in [4.69, 9.17) is 10.5 Å². The molecule has 1 aromatic heterocycles. The van der Waals surface area contributed by atoms with Crippen LogP contribution in [0.15, 0.2) is 24.3 Å². The predicted octanol–water partition coefficient (Wildman–Crippen LogP) is 3.89. The first-order valence-electron chi connectivity index (χ1n) is 10.1. The van der Waals surface area contributed by atoms with Gasteiger partial charge in [0, 0.05) is 30.3 Å². The molecule has 1 heterocycles. The Labute approximate surface area is 169 Å². The first-order chi connectivity index (χ1) is 13.4. The molecule has 0 aliphatic heterocycles. The van der Waals surface area contributed by atoms with Gasteiger partial charge >= 0.3 is 0 Å². The lowest BCUT2D eigenvalue weighted by Gasteiger charge is -2.15. The zero-order valence-electron chi connectivity index (χ0n) is 18.0. The third-order valence-corrected chi connectivity index (χ3v) is 4.67. The number of aryl methyl sites for hydroxylation is 1. The largest absolute Gasteiger partial charge is 0.494 e. The third-order valence-electron chi connectivity index (χ3n) is 4.67. The number of hydrogen-bond donors (Lipinski definition) is 2. The number of benzene rings is 1. The van der Waals surface area contributed by atoms with Crippen LogP contribution >= 0.6 is 0 Å². The van der Waals surface area contributed by atoms with Gasteiger partial charge in [-0.1, -0.05) is 25.5 Å². The molecule has 6 nitrogen and oxygen atoms in total. The molecule has 0 amide bonds. The molecule has 0 saturated heterocycles. The van der Waals surface area contributed by atoms with Crippen molar-refractivity contribution in [1.29, 1.82) is 0 Å². The summed E-state index contributed by atoms with van der Waals surface area (Å²) in [5.74, 6) is 2.05. The van der Waals surface area contributed by atoms with Gasteiger partial charge in [-0.2, -0.15) is 4.98 Å². The lowest BCUT2D eigenvalue weighted by Crippen LogP contribution is -2.18. The first-order valence-corrected chi connectivity index (χ1v) is 10.1. The Balaban J connectivity index is 1.97. The van der Waals surface area contributed by atoms with Gasteiger partial charge in [-0.05, 0) is 58.5 Å². The molecule has 0 saturated carbocycles. The van der Waals surface area contributed by atoms with Crippen LogP contribution in [0.1, 0.15) is 49.9 Å². The number of ether oxygens (including phenoxy) is 1. The van der Waals surface area contributed by atoms with Crippen molar-refractivity contribution in [3.05, 3.63) is 41.1 Å². The Kier molecular flexibility index (Phi) is 8.51. The first kappa shape index (κ1) is 22.0. The minimum Gasteiger partial charge on any atom is -0.494 e. The highest BCUT2D eigenvalue weighted by Gasteiger charge is 2.12. The third kappa shape index (κ3) is 7.00. The second-order valence-electron chi connectivity index (χ2n) is 7.66. The Morgan fingerprint density at radius 1 is 1.18 bits per heavy atom. The maximum Gasteiger partial charge on any atom is 0.225 e. The minimum atomic E-state index is 0.333. The van der Waals surface area contributed by atoms with E-state index in [0.717, 1.165) is 49.4 Å². The molecule has 2 rings (SSSR count). The van der Waals surface area contributed by atoms with Gasteiger partial charge in [-0.15, -0.1) is 0 Å². The van der Waals surface area contributed by atoms with Crippen LogP contribution in [0.5, 0.6) is 5.75 Å². The second-order valence-corrected chi connectivity index (χ2v) is 7.66. The summed E-state index contributed by atoms with van der Waals surface area (Å²) in [5, 5.41) is 3.33. The van der Waals surface area contributed by atoms with Gasteiger partial charge in [0.25, 0.3) is 0 Å². The Morgan fingerprint density at radius 3 is 2.50 bits per heavy atom. The van der Waals surface area contributed by atoms with E-state index in [-0.39, 0.29) is 0 Å². The van der Waals surface area contributed by atoms with Gasteiger partial charge in [0.05, 0.1) is 6.61 Å². The van der Waals surface area contributed by atoms with Crippen LogP contribution in [-0.4, -0.2) is 48.2 Å². The van der Waals surface area contributed by atoms with Crippen molar-refractivity contribution in [3.63, 3.8) is 0 Å². The molecular weight excluding hydrogens is 350 g/mol. The monoisotopic (exact) mass is 385 g/mol. The smallest absolute Gasteiger partial charge is 0.225 e. The molecule has 0 aliphatic carbocycles. The van der Waals surface area contributed by atoms with Crippen molar-refractivity contribution in [3.8, 4) is 5.75 Å². The number of nitrogens with one attached hydrogen (secondary N) is 1. The summed E-state index contributed by atoms with van der Waals surface area (Å²) in [6.45, 7) is 8.05. The van der Waals surface area contributed by atoms with Gasteiger partial charge in [0.15, 0.2) is 0 Å². The van der Waals surface area contributed by atoms with Crippen molar-refractivity contribution in [2.24, 2.45) is 0 Å². The maximum absolute atomic E-state index is 6.24. The van der Waals surface area contributed by atoms with E-state index in [1.165, 1.54) is 5.56 Å². The quantitative estimate of drug-likeness (QED) is 0.572. The average molecular weight is 386 g/mol. The standard InChI is InChI=1S/C22H35N5O/c1-6-8-16(2)24-22-25-17(3)20(21(23)26-22)15-18-9-11-19(12-10-18)28-14-7-13-27(4)5/h9-12,16H,6-8,13-15H2,1-5H3,(H3,23,24,25,26). The van der Waals surface area contributed by atoms with Crippen LogP contribution in [0.4, 0.5) is 11.8 Å². The van der Waals surface area contributed by atoms with Crippen molar-refractivity contribution < 1.29 is 4.74 Å². The molecule has 0 aliphatic rings. The Morgan fingerprint density at radius 2 is 1.89 bits per heavy atom. The average Bonchev–Trinajstić information content (AvgIpc) is 2.63. The van der Waals surface area contributed by atoms with Crippen molar-refractivity contribution in [2.75, 3.05) is 38.3 Å². The molecule has 0 radical (unpaired) electrons. The Bertz CT molecular complexity index is 707. The fourth-order valence-electron chi connectivity index (χ4n) is 3.11. The van der Waals surface area contributed by atoms with E-state index in [1.807, 2.05) is 19.1 Å². The fraction of sp³-hybridized carbons (Fsp3) is 0.545. The molecule has 1 aromatic carbocycles. The lowest BCUT2D eigenvalue weighted by atomic mass is 10.0. The van der Waals surface area contributed by atoms with E-state index in [2.05, 4.69) is 60.3 Å². The summed E-state index contributed by atoms with van der Waals surface area (Å²) in [5.41, 5.74) is 9.30. The molecule has 2 aromatic rings. The lowest BCUT2D eigenvalue weighted by molar-refractivity contribution is 0.281. The SMILES string of the molecule is CCCC(C)Nc1nc(C)c(Cc2ccc(OCCCN(C)C)cc2)c(N)n1. The molecule has 154 valence electrons. The van der Waals surface area contributed by atoms with E-state index >= 15 is 0 Å². The van der Waals surface area contributed by atoms with Crippen LogP contribution in [0, 0.1) is 6.92 Å². The van der Waals surface area contributed by atoms with Crippen molar-refractivity contribution >= 4 is 11.8 Å². The maximum atomic E-state index is 6.24. The number of nitrogens with two attached hydrogens (primary N) is 1. The van der Waals surface area contributed by atoms with Gasteiger partial charge in [0.2, 0.25) is 5.95 Å².